The van der Waals surface area contributed by atoms with E-state index in [0.29, 0.717) is 18.8 Å². The summed E-state index contributed by atoms with van der Waals surface area (Å²) in [5.74, 6) is 0.161. The maximum Gasteiger partial charge on any atom is 0.242 e. The van der Waals surface area contributed by atoms with Crippen molar-refractivity contribution in [2.75, 3.05) is 19.7 Å². The van der Waals surface area contributed by atoms with E-state index >= 15 is 0 Å². The summed E-state index contributed by atoms with van der Waals surface area (Å²) < 4.78 is 24.3. The highest BCUT2D eigenvalue weighted by Gasteiger charge is 2.35. The maximum atomic E-state index is 13.2. The van der Waals surface area contributed by atoms with Crippen molar-refractivity contribution >= 4 is 11.8 Å². The highest BCUT2D eigenvalue weighted by molar-refractivity contribution is 5.86. The molecule has 0 unspecified atom stereocenters. The zero-order valence-electron chi connectivity index (χ0n) is 17.0. The smallest absolute Gasteiger partial charge is 0.242 e. The fourth-order valence-electron chi connectivity index (χ4n) is 3.81. The molecular weight excluding hydrogens is 387 g/mol. The molecule has 160 valence electrons. The predicted octanol–water partition coefficient (Wildman–Crippen LogP) is 3.16. The van der Waals surface area contributed by atoms with Gasteiger partial charge in [0, 0.05) is 19.2 Å². The molecule has 7 heteroatoms. The second-order valence-corrected chi connectivity index (χ2v) is 8.04. The maximum absolute atomic E-state index is 13.2. The SMILES string of the molecule is O=C(CN(C(=O)Cc1ccc(F)cc1)C1CC1)N(Cc1ccco1)C[C@@H]1CCCO1. The molecule has 2 aromatic rings. The van der Waals surface area contributed by atoms with Gasteiger partial charge in [0.05, 0.1) is 25.3 Å². The van der Waals surface area contributed by atoms with Gasteiger partial charge in [-0.25, -0.2) is 4.39 Å². The molecule has 6 nitrogen and oxygen atoms in total. The van der Waals surface area contributed by atoms with Crippen LogP contribution in [0.5, 0.6) is 0 Å². The molecule has 2 aliphatic rings. The second kappa shape index (κ2) is 9.43. The first-order valence-electron chi connectivity index (χ1n) is 10.5. The number of benzene rings is 1. The Morgan fingerprint density at radius 2 is 1.87 bits per heavy atom. The number of carbonyl (C=O) groups is 2. The van der Waals surface area contributed by atoms with E-state index in [0.717, 1.165) is 37.9 Å². The van der Waals surface area contributed by atoms with Gasteiger partial charge in [0.25, 0.3) is 0 Å². The summed E-state index contributed by atoms with van der Waals surface area (Å²) in [4.78, 5) is 29.5. The summed E-state index contributed by atoms with van der Waals surface area (Å²) in [5, 5.41) is 0. The zero-order chi connectivity index (χ0) is 20.9. The van der Waals surface area contributed by atoms with E-state index in [-0.39, 0.29) is 42.7 Å². The Kier molecular flexibility index (Phi) is 6.47. The second-order valence-electron chi connectivity index (χ2n) is 8.04. The van der Waals surface area contributed by atoms with Gasteiger partial charge in [0.2, 0.25) is 11.8 Å². The van der Waals surface area contributed by atoms with E-state index in [9.17, 15) is 14.0 Å². The van der Waals surface area contributed by atoms with Crippen molar-refractivity contribution in [3.8, 4) is 0 Å². The molecule has 2 heterocycles. The van der Waals surface area contributed by atoms with Crippen LogP contribution in [0.1, 0.15) is 37.0 Å². The summed E-state index contributed by atoms with van der Waals surface area (Å²) in [6, 6.07) is 9.67. The van der Waals surface area contributed by atoms with E-state index in [2.05, 4.69) is 0 Å². The average Bonchev–Trinajstić information content (AvgIpc) is 3.20. The third-order valence-corrected chi connectivity index (χ3v) is 5.61. The number of rotatable bonds is 9. The summed E-state index contributed by atoms with van der Waals surface area (Å²) in [6.45, 7) is 1.61. The molecule has 1 aliphatic carbocycles. The largest absolute Gasteiger partial charge is 0.467 e. The fraction of sp³-hybridized carbons (Fsp3) is 0.478. The van der Waals surface area contributed by atoms with Crippen LogP contribution >= 0.6 is 0 Å². The van der Waals surface area contributed by atoms with Crippen molar-refractivity contribution < 1.29 is 23.1 Å². The Morgan fingerprint density at radius 1 is 1.07 bits per heavy atom. The summed E-state index contributed by atoms with van der Waals surface area (Å²) in [7, 11) is 0. The van der Waals surface area contributed by atoms with E-state index in [1.165, 1.54) is 12.1 Å². The van der Waals surface area contributed by atoms with Gasteiger partial charge in [-0.15, -0.1) is 0 Å². The molecule has 4 rings (SSSR count). The molecule has 2 fully saturated rings. The first kappa shape index (κ1) is 20.6. The Balaban J connectivity index is 1.42. The minimum atomic E-state index is -0.330. The van der Waals surface area contributed by atoms with Crippen LogP contribution in [-0.2, 0) is 27.3 Å². The Bertz CT molecular complexity index is 843. The van der Waals surface area contributed by atoms with E-state index in [1.807, 2.05) is 6.07 Å². The van der Waals surface area contributed by atoms with Crippen molar-refractivity contribution in [3.05, 3.63) is 59.8 Å². The van der Waals surface area contributed by atoms with Gasteiger partial charge in [-0.1, -0.05) is 12.1 Å². The lowest BCUT2D eigenvalue weighted by molar-refractivity contribution is -0.142. The van der Waals surface area contributed by atoms with Crippen molar-refractivity contribution in [2.45, 2.75) is 50.8 Å². The Hall–Kier alpha value is -2.67. The summed E-state index contributed by atoms with van der Waals surface area (Å²) in [5.41, 5.74) is 0.742. The summed E-state index contributed by atoms with van der Waals surface area (Å²) in [6.07, 6.45) is 5.52. The van der Waals surface area contributed by atoms with Crippen molar-refractivity contribution in [3.63, 3.8) is 0 Å². The van der Waals surface area contributed by atoms with Crippen LogP contribution in [0.3, 0.4) is 0 Å². The molecule has 1 atom stereocenters. The molecule has 0 bridgehead atoms. The monoisotopic (exact) mass is 414 g/mol. The minimum absolute atomic E-state index is 0.0215. The highest BCUT2D eigenvalue weighted by atomic mass is 19.1. The van der Waals surface area contributed by atoms with Gasteiger partial charge in [0.15, 0.2) is 0 Å². The predicted molar refractivity (Wildman–Crippen MR) is 108 cm³/mol. The molecule has 0 N–H and O–H groups in total. The molecule has 1 saturated heterocycles. The van der Waals surface area contributed by atoms with Crippen LogP contribution in [0.15, 0.2) is 47.1 Å². The quantitative estimate of drug-likeness (QED) is 0.632. The number of hydrogen-bond acceptors (Lipinski definition) is 4. The summed E-state index contributed by atoms with van der Waals surface area (Å²) >= 11 is 0. The molecule has 0 spiro atoms. The fourth-order valence-corrected chi connectivity index (χ4v) is 3.81. The molecule has 1 saturated carbocycles. The van der Waals surface area contributed by atoms with Crippen LogP contribution in [0.4, 0.5) is 4.39 Å². The van der Waals surface area contributed by atoms with Gasteiger partial charge < -0.3 is 19.0 Å². The van der Waals surface area contributed by atoms with Gasteiger partial charge in [0.1, 0.15) is 18.1 Å². The minimum Gasteiger partial charge on any atom is -0.467 e. The van der Waals surface area contributed by atoms with Crippen LogP contribution < -0.4 is 0 Å². The third-order valence-electron chi connectivity index (χ3n) is 5.61. The van der Waals surface area contributed by atoms with E-state index < -0.39 is 0 Å². The number of ether oxygens (including phenoxy) is 1. The van der Waals surface area contributed by atoms with Gasteiger partial charge in [-0.3, -0.25) is 9.59 Å². The topological polar surface area (TPSA) is 63.0 Å². The molecule has 1 aromatic heterocycles. The molecule has 0 radical (unpaired) electrons. The first-order chi connectivity index (χ1) is 14.6. The van der Waals surface area contributed by atoms with E-state index in [1.54, 1.807) is 34.3 Å². The van der Waals surface area contributed by atoms with Gasteiger partial charge >= 0.3 is 0 Å². The normalized spacial score (nSPS) is 18.4. The van der Waals surface area contributed by atoms with Gasteiger partial charge in [-0.2, -0.15) is 0 Å². The lowest BCUT2D eigenvalue weighted by Crippen LogP contribution is -2.46. The number of furan rings is 1. The number of amides is 2. The van der Waals surface area contributed by atoms with Crippen LogP contribution in [-0.4, -0.2) is 53.5 Å². The molecule has 1 aliphatic heterocycles. The molecule has 30 heavy (non-hydrogen) atoms. The highest BCUT2D eigenvalue weighted by Crippen LogP contribution is 2.28. The van der Waals surface area contributed by atoms with Crippen molar-refractivity contribution in [2.24, 2.45) is 0 Å². The number of hydrogen-bond donors (Lipinski definition) is 0. The average molecular weight is 414 g/mol. The van der Waals surface area contributed by atoms with Crippen LogP contribution in [0.25, 0.3) is 0 Å². The van der Waals surface area contributed by atoms with Gasteiger partial charge in [-0.05, 0) is 55.5 Å². The number of carbonyl (C=O) groups excluding carboxylic acids is 2. The molecule has 1 aromatic carbocycles. The lowest BCUT2D eigenvalue weighted by atomic mass is 10.1. The standard InChI is InChI=1S/C23H27FN2O4/c24-18-7-5-17(6-8-18)13-22(27)26(19-9-10-19)16-23(28)25(14-20-3-1-11-29-20)15-21-4-2-12-30-21/h1,3,5-8,11,19,21H,2,4,9-10,12-16H2/t21-/m0/s1. The third kappa shape index (κ3) is 5.48. The molecule has 2 amide bonds. The first-order valence-corrected chi connectivity index (χ1v) is 10.5. The Labute approximate surface area is 175 Å². The van der Waals surface area contributed by atoms with E-state index in [4.69, 9.17) is 9.15 Å². The number of nitrogens with zero attached hydrogens (tertiary/aromatic N) is 2. The van der Waals surface area contributed by atoms with Crippen molar-refractivity contribution in [1.82, 2.24) is 9.80 Å². The van der Waals surface area contributed by atoms with Crippen LogP contribution in [0.2, 0.25) is 0 Å². The van der Waals surface area contributed by atoms with Crippen molar-refractivity contribution in [1.29, 1.82) is 0 Å². The molecular formula is C23H27FN2O4. The lowest BCUT2D eigenvalue weighted by Gasteiger charge is -2.29. The number of halogens is 1. The Morgan fingerprint density at radius 3 is 2.50 bits per heavy atom. The van der Waals surface area contributed by atoms with Crippen LogP contribution in [0, 0.1) is 5.82 Å². The zero-order valence-corrected chi connectivity index (χ0v) is 17.0.